The van der Waals surface area contributed by atoms with Crippen molar-refractivity contribution in [2.24, 2.45) is 5.73 Å². The molecule has 2 N–H and O–H groups in total. The van der Waals surface area contributed by atoms with Crippen molar-refractivity contribution in [3.8, 4) is 5.75 Å². The summed E-state index contributed by atoms with van der Waals surface area (Å²) in [5.41, 5.74) is 9.59. The highest BCUT2D eigenvalue weighted by Crippen LogP contribution is 2.31. The largest absolute Gasteiger partial charge is 0.496 e. The second-order valence-corrected chi connectivity index (χ2v) is 4.36. The lowest BCUT2D eigenvalue weighted by Crippen LogP contribution is -2.08. The second kappa shape index (κ2) is 5.90. The Kier molecular flexibility index (Phi) is 4.81. The summed E-state index contributed by atoms with van der Waals surface area (Å²) in [6.45, 7) is 7.21. The predicted molar refractivity (Wildman–Crippen MR) is 69.2 cm³/mol. The molecule has 1 atom stereocenters. The van der Waals surface area contributed by atoms with E-state index >= 15 is 0 Å². The average molecular weight is 221 g/mol. The lowest BCUT2D eigenvalue weighted by Gasteiger charge is -2.19. The van der Waals surface area contributed by atoms with Gasteiger partial charge in [-0.3, -0.25) is 0 Å². The van der Waals surface area contributed by atoms with Gasteiger partial charge in [0.2, 0.25) is 0 Å². The number of benzene rings is 1. The van der Waals surface area contributed by atoms with E-state index in [0.29, 0.717) is 5.92 Å². The van der Waals surface area contributed by atoms with E-state index in [1.54, 1.807) is 7.11 Å². The third kappa shape index (κ3) is 2.76. The molecule has 0 bridgehead atoms. The highest BCUT2D eigenvalue weighted by Gasteiger charge is 2.13. The molecule has 0 aromatic heterocycles. The highest BCUT2D eigenvalue weighted by molar-refractivity contribution is 5.43. The van der Waals surface area contributed by atoms with Gasteiger partial charge < -0.3 is 10.5 Å². The first-order chi connectivity index (χ1) is 7.63. The van der Waals surface area contributed by atoms with Crippen molar-refractivity contribution in [3.63, 3.8) is 0 Å². The first-order valence-corrected chi connectivity index (χ1v) is 5.99. The third-order valence-corrected chi connectivity index (χ3v) is 3.23. The lowest BCUT2D eigenvalue weighted by atomic mass is 9.89. The Bertz CT molecular complexity index is 347. The molecule has 0 saturated carbocycles. The third-order valence-electron chi connectivity index (χ3n) is 3.23. The van der Waals surface area contributed by atoms with Crippen LogP contribution in [0.25, 0.3) is 0 Å². The zero-order valence-electron chi connectivity index (χ0n) is 10.8. The van der Waals surface area contributed by atoms with E-state index in [9.17, 15) is 0 Å². The van der Waals surface area contributed by atoms with E-state index in [2.05, 4.69) is 32.9 Å². The van der Waals surface area contributed by atoms with Crippen LogP contribution in [0.3, 0.4) is 0 Å². The van der Waals surface area contributed by atoms with E-state index in [-0.39, 0.29) is 0 Å². The zero-order chi connectivity index (χ0) is 12.1. The van der Waals surface area contributed by atoms with Gasteiger partial charge in [-0.1, -0.05) is 13.0 Å². The van der Waals surface area contributed by atoms with Crippen LogP contribution < -0.4 is 10.5 Å². The fourth-order valence-corrected chi connectivity index (χ4v) is 2.29. The monoisotopic (exact) mass is 221 g/mol. The molecular weight excluding hydrogens is 198 g/mol. The number of ether oxygens (including phenoxy) is 1. The summed E-state index contributed by atoms with van der Waals surface area (Å²) in [7, 11) is 1.73. The fraction of sp³-hybridized carbons (Fsp3) is 0.571. The van der Waals surface area contributed by atoms with E-state index in [0.717, 1.165) is 25.1 Å². The van der Waals surface area contributed by atoms with Gasteiger partial charge in [-0.25, -0.2) is 0 Å². The fourth-order valence-electron chi connectivity index (χ4n) is 2.29. The number of rotatable bonds is 5. The standard InChI is InChI=1S/C14H23NO/c1-5-12(6-7-15)13-9-14(16-4)11(3)8-10(13)2/h8-9,12H,5-7,15H2,1-4H3. The molecule has 1 aromatic carbocycles. The number of nitrogens with two attached hydrogens (primary N) is 1. The average Bonchev–Trinajstić information content (AvgIpc) is 2.27. The molecule has 0 fully saturated rings. The van der Waals surface area contributed by atoms with Crippen molar-refractivity contribution in [1.82, 2.24) is 0 Å². The van der Waals surface area contributed by atoms with Crippen LogP contribution in [-0.2, 0) is 0 Å². The number of aryl methyl sites for hydroxylation is 2. The zero-order valence-corrected chi connectivity index (χ0v) is 10.8. The van der Waals surface area contributed by atoms with Crippen LogP contribution >= 0.6 is 0 Å². The van der Waals surface area contributed by atoms with Gasteiger partial charge in [0.15, 0.2) is 0 Å². The van der Waals surface area contributed by atoms with E-state index in [1.807, 2.05) is 0 Å². The molecular formula is C14H23NO. The molecule has 1 unspecified atom stereocenters. The van der Waals surface area contributed by atoms with Crippen LogP contribution in [0.4, 0.5) is 0 Å². The SMILES string of the molecule is CCC(CCN)c1cc(OC)c(C)cc1C. The van der Waals surface area contributed by atoms with E-state index in [4.69, 9.17) is 10.5 Å². The Balaban J connectivity index is 3.10. The summed E-state index contributed by atoms with van der Waals surface area (Å²) in [5, 5.41) is 0. The molecule has 0 aliphatic carbocycles. The Morgan fingerprint density at radius 2 is 1.94 bits per heavy atom. The molecule has 2 heteroatoms. The molecule has 0 saturated heterocycles. The molecule has 0 heterocycles. The molecule has 1 rings (SSSR count). The highest BCUT2D eigenvalue weighted by atomic mass is 16.5. The van der Waals surface area contributed by atoms with Gasteiger partial charge in [-0.2, -0.15) is 0 Å². The summed E-state index contributed by atoms with van der Waals surface area (Å²) in [4.78, 5) is 0. The van der Waals surface area contributed by atoms with E-state index < -0.39 is 0 Å². The molecule has 2 nitrogen and oxygen atoms in total. The molecule has 0 radical (unpaired) electrons. The maximum absolute atomic E-state index is 5.66. The quantitative estimate of drug-likeness (QED) is 0.829. The lowest BCUT2D eigenvalue weighted by molar-refractivity contribution is 0.410. The van der Waals surface area contributed by atoms with E-state index in [1.165, 1.54) is 16.7 Å². The summed E-state index contributed by atoms with van der Waals surface area (Å²) >= 11 is 0. The molecule has 0 amide bonds. The molecule has 0 aliphatic rings. The Labute approximate surface area is 98.8 Å². The Morgan fingerprint density at radius 1 is 1.25 bits per heavy atom. The van der Waals surface area contributed by atoms with Gasteiger partial charge in [0.25, 0.3) is 0 Å². The smallest absolute Gasteiger partial charge is 0.122 e. The number of hydrogen-bond donors (Lipinski definition) is 1. The van der Waals surface area contributed by atoms with Crippen LogP contribution in [0.1, 0.15) is 42.4 Å². The Hall–Kier alpha value is -1.02. The van der Waals surface area contributed by atoms with Crippen molar-refractivity contribution in [3.05, 3.63) is 28.8 Å². The minimum absolute atomic E-state index is 0.555. The van der Waals surface area contributed by atoms with Gasteiger partial charge in [-0.05, 0) is 61.9 Å². The molecule has 1 aromatic rings. The van der Waals surface area contributed by atoms with Crippen molar-refractivity contribution in [2.75, 3.05) is 13.7 Å². The maximum Gasteiger partial charge on any atom is 0.122 e. The van der Waals surface area contributed by atoms with Gasteiger partial charge in [-0.15, -0.1) is 0 Å². The topological polar surface area (TPSA) is 35.2 Å². The predicted octanol–water partition coefficient (Wildman–Crippen LogP) is 3.15. The van der Waals surface area contributed by atoms with Gasteiger partial charge in [0, 0.05) is 0 Å². The summed E-state index contributed by atoms with van der Waals surface area (Å²) in [5.74, 6) is 1.54. The van der Waals surface area contributed by atoms with Crippen LogP contribution in [-0.4, -0.2) is 13.7 Å². The van der Waals surface area contributed by atoms with Crippen molar-refractivity contribution < 1.29 is 4.74 Å². The van der Waals surface area contributed by atoms with Crippen molar-refractivity contribution in [2.45, 2.75) is 39.5 Å². The summed E-state index contributed by atoms with van der Waals surface area (Å²) in [6.07, 6.45) is 2.17. The number of hydrogen-bond acceptors (Lipinski definition) is 2. The van der Waals surface area contributed by atoms with Crippen LogP contribution in [0.5, 0.6) is 5.75 Å². The van der Waals surface area contributed by atoms with Gasteiger partial charge >= 0.3 is 0 Å². The van der Waals surface area contributed by atoms with Crippen LogP contribution in [0.2, 0.25) is 0 Å². The molecule has 16 heavy (non-hydrogen) atoms. The Morgan fingerprint density at radius 3 is 2.44 bits per heavy atom. The summed E-state index contributed by atoms with van der Waals surface area (Å²) in [6, 6.07) is 4.38. The second-order valence-electron chi connectivity index (χ2n) is 4.36. The van der Waals surface area contributed by atoms with Crippen LogP contribution in [0.15, 0.2) is 12.1 Å². The molecule has 0 spiro atoms. The molecule has 0 aliphatic heterocycles. The first kappa shape index (κ1) is 13.0. The van der Waals surface area contributed by atoms with Crippen LogP contribution in [0, 0.1) is 13.8 Å². The normalized spacial score (nSPS) is 12.6. The van der Waals surface area contributed by atoms with Crippen molar-refractivity contribution in [1.29, 1.82) is 0 Å². The minimum atomic E-state index is 0.555. The maximum atomic E-state index is 5.66. The first-order valence-electron chi connectivity index (χ1n) is 5.99. The summed E-state index contributed by atoms with van der Waals surface area (Å²) < 4.78 is 5.38. The minimum Gasteiger partial charge on any atom is -0.496 e. The number of methoxy groups -OCH3 is 1. The van der Waals surface area contributed by atoms with Gasteiger partial charge in [0.05, 0.1) is 7.11 Å². The molecule has 90 valence electrons. The van der Waals surface area contributed by atoms with Crippen molar-refractivity contribution >= 4 is 0 Å². The van der Waals surface area contributed by atoms with Gasteiger partial charge in [0.1, 0.15) is 5.75 Å².